The van der Waals surface area contributed by atoms with Crippen molar-refractivity contribution in [3.63, 3.8) is 0 Å². The fourth-order valence-electron chi connectivity index (χ4n) is 7.16. The summed E-state index contributed by atoms with van der Waals surface area (Å²) in [5.41, 5.74) is 2.54. The molecule has 0 spiro atoms. The zero-order valence-electron chi connectivity index (χ0n) is 18.3. The van der Waals surface area contributed by atoms with Crippen LogP contribution in [0.4, 0.5) is 0 Å². The smallest absolute Gasteiger partial charge is 0.313 e. The molecule has 3 saturated carbocycles. The lowest BCUT2D eigenvalue weighted by Gasteiger charge is -2.57. The van der Waals surface area contributed by atoms with Crippen LogP contribution in [0.15, 0.2) is 23.0 Å². The largest absolute Gasteiger partial charge is 0.423 e. The molecule has 5 atom stereocenters. The molecule has 0 saturated heterocycles. The van der Waals surface area contributed by atoms with Crippen LogP contribution < -0.4 is 0 Å². The minimum absolute atomic E-state index is 0.0588. The highest BCUT2D eigenvalue weighted by atomic mass is 16.5. The van der Waals surface area contributed by atoms with Gasteiger partial charge in [0, 0.05) is 6.42 Å². The Hall–Kier alpha value is -1.71. The van der Waals surface area contributed by atoms with Crippen molar-refractivity contribution in [2.45, 2.75) is 79.1 Å². The predicted octanol–water partition coefficient (Wildman–Crippen LogP) is 5.17. The third kappa shape index (κ3) is 3.14. The zero-order valence-corrected chi connectivity index (χ0v) is 18.3. The summed E-state index contributed by atoms with van der Waals surface area (Å²) in [5, 5.41) is 0. The van der Waals surface area contributed by atoms with E-state index in [-0.39, 0.29) is 28.5 Å². The maximum absolute atomic E-state index is 12.1. The lowest BCUT2D eigenvalue weighted by Crippen LogP contribution is -2.49. The SMILES string of the molecule is CC(C)C(=O)O/C(C=O)=C1\CC[C@H]2[C@@H]3CCC4=CC(=O)CC[C@]4(C)[C@H]3CC[C@]12C. The van der Waals surface area contributed by atoms with Gasteiger partial charge in [0.15, 0.2) is 17.8 Å². The number of hydrogen-bond donors (Lipinski definition) is 0. The van der Waals surface area contributed by atoms with Gasteiger partial charge in [-0.3, -0.25) is 14.4 Å². The van der Waals surface area contributed by atoms with E-state index in [1.54, 1.807) is 13.8 Å². The summed E-state index contributed by atoms with van der Waals surface area (Å²) in [5.74, 6) is 1.76. The molecule has 0 N–H and O–H groups in total. The minimum atomic E-state index is -0.327. The lowest BCUT2D eigenvalue weighted by molar-refractivity contribution is -0.144. The Morgan fingerprint density at radius 3 is 2.48 bits per heavy atom. The average Bonchev–Trinajstić information content (AvgIpc) is 3.03. The highest BCUT2D eigenvalue weighted by Crippen LogP contribution is 2.66. The first kappa shape index (κ1) is 20.6. The Kier molecular flexibility index (Phi) is 5.11. The molecule has 4 heteroatoms. The van der Waals surface area contributed by atoms with Crippen LogP contribution in [-0.4, -0.2) is 18.0 Å². The van der Waals surface area contributed by atoms with Gasteiger partial charge in [0.05, 0.1) is 5.92 Å². The summed E-state index contributed by atoms with van der Waals surface area (Å²) in [6.45, 7) is 8.27. The van der Waals surface area contributed by atoms with Gasteiger partial charge < -0.3 is 4.74 Å². The fourth-order valence-corrected chi connectivity index (χ4v) is 7.16. The van der Waals surface area contributed by atoms with Crippen molar-refractivity contribution in [2.24, 2.45) is 34.5 Å². The highest BCUT2D eigenvalue weighted by molar-refractivity contribution is 5.91. The van der Waals surface area contributed by atoms with Gasteiger partial charge in [0.1, 0.15) is 0 Å². The molecule has 158 valence electrons. The normalized spacial score (nSPS) is 40.5. The van der Waals surface area contributed by atoms with Crippen LogP contribution in [0.1, 0.15) is 79.1 Å². The third-order valence-electron chi connectivity index (χ3n) is 8.83. The Morgan fingerprint density at radius 2 is 1.79 bits per heavy atom. The Morgan fingerprint density at radius 1 is 1.07 bits per heavy atom. The van der Waals surface area contributed by atoms with E-state index in [0.717, 1.165) is 56.8 Å². The summed E-state index contributed by atoms with van der Waals surface area (Å²) < 4.78 is 5.54. The number of rotatable bonds is 3. The maximum atomic E-state index is 12.1. The second kappa shape index (κ2) is 7.21. The van der Waals surface area contributed by atoms with Crippen LogP contribution in [0.3, 0.4) is 0 Å². The summed E-state index contributed by atoms with van der Waals surface area (Å²) in [6.07, 6.45) is 10.6. The third-order valence-corrected chi connectivity index (χ3v) is 8.83. The molecule has 0 heterocycles. The molecule has 4 aliphatic rings. The number of ether oxygens (including phenoxy) is 1. The molecule has 29 heavy (non-hydrogen) atoms. The molecular weight excluding hydrogens is 364 g/mol. The lowest BCUT2D eigenvalue weighted by atomic mass is 9.47. The van der Waals surface area contributed by atoms with Gasteiger partial charge in [-0.1, -0.05) is 33.3 Å². The Balaban J connectivity index is 1.64. The van der Waals surface area contributed by atoms with E-state index in [4.69, 9.17) is 4.74 Å². The Bertz CT molecular complexity index is 804. The number of esters is 1. The van der Waals surface area contributed by atoms with Crippen molar-refractivity contribution in [1.29, 1.82) is 0 Å². The zero-order chi connectivity index (χ0) is 21.0. The minimum Gasteiger partial charge on any atom is -0.423 e. The molecule has 0 aliphatic heterocycles. The van der Waals surface area contributed by atoms with Crippen molar-refractivity contribution < 1.29 is 19.1 Å². The first-order valence-electron chi connectivity index (χ1n) is 11.3. The van der Waals surface area contributed by atoms with Crippen LogP contribution in [0, 0.1) is 34.5 Å². The predicted molar refractivity (Wildman–Crippen MR) is 111 cm³/mol. The van der Waals surface area contributed by atoms with Gasteiger partial charge in [-0.05, 0) is 85.2 Å². The van der Waals surface area contributed by atoms with Crippen molar-refractivity contribution in [3.05, 3.63) is 23.0 Å². The number of hydrogen-bond acceptors (Lipinski definition) is 4. The van der Waals surface area contributed by atoms with Gasteiger partial charge in [-0.25, -0.2) is 0 Å². The molecule has 4 rings (SSSR count). The average molecular weight is 399 g/mol. The molecule has 0 amide bonds. The molecule has 0 aromatic rings. The van der Waals surface area contributed by atoms with Gasteiger partial charge in [0.25, 0.3) is 0 Å². The van der Waals surface area contributed by atoms with E-state index in [1.165, 1.54) is 5.57 Å². The number of ketones is 1. The quantitative estimate of drug-likeness (QED) is 0.285. The molecule has 0 radical (unpaired) electrons. The fraction of sp³-hybridized carbons (Fsp3) is 0.720. The van der Waals surface area contributed by atoms with Gasteiger partial charge in [-0.2, -0.15) is 0 Å². The number of aldehydes is 1. The molecule has 3 fully saturated rings. The van der Waals surface area contributed by atoms with Gasteiger partial charge in [-0.15, -0.1) is 0 Å². The number of fused-ring (bicyclic) bond motifs is 5. The number of allylic oxidation sites excluding steroid dienone is 3. The molecule has 0 bridgehead atoms. The Labute approximate surface area is 174 Å². The molecule has 0 unspecified atom stereocenters. The van der Waals surface area contributed by atoms with Crippen LogP contribution >= 0.6 is 0 Å². The molecular formula is C25H34O4. The highest BCUT2D eigenvalue weighted by Gasteiger charge is 2.58. The van der Waals surface area contributed by atoms with Crippen LogP contribution in [0.2, 0.25) is 0 Å². The van der Waals surface area contributed by atoms with E-state index >= 15 is 0 Å². The summed E-state index contributed by atoms with van der Waals surface area (Å²) in [4.78, 5) is 36.0. The molecule has 0 aromatic carbocycles. The van der Waals surface area contributed by atoms with Crippen molar-refractivity contribution >= 4 is 18.0 Å². The van der Waals surface area contributed by atoms with E-state index < -0.39 is 0 Å². The number of carbonyl (C=O) groups excluding carboxylic acids is 3. The molecule has 0 aromatic heterocycles. The maximum Gasteiger partial charge on any atom is 0.313 e. The standard InChI is InChI=1S/C25H34O4/c1-15(2)23(28)29-22(14-26)21-8-7-19-18-6-5-16-13-17(27)9-11-24(16,3)20(18)10-12-25(19,21)4/h13-15,18-20H,5-12H2,1-4H3/b22-21+/t18-,19-,20-,24-,25-/m0/s1. The molecule has 4 nitrogen and oxygen atoms in total. The van der Waals surface area contributed by atoms with Gasteiger partial charge >= 0.3 is 5.97 Å². The van der Waals surface area contributed by atoms with Crippen molar-refractivity contribution in [1.82, 2.24) is 0 Å². The second-order valence-corrected chi connectivity index (χ2v) is 10.5. The van der Waals surface area contributed by atoms with E-state index in [1.807, 2.05) is 6.08 Å². The van der Waals surface area contributed by atoms with Crippen molar-refractivity contribution in [3.8, 4) is 0 Å². The summed E-state index contributed by atoms with van der Waals surface area (Å²) >= 11 is 0. The summed E-state index contributed by atoms with van der Waals surface area (Å²) in [7, 11) is 0. The second-order valence-electron chi connectivity index (χ2n) is 10.5. The van der Waals surface area contributed by atoms with E-state index in [0.29, 0.717) is 30.0 Å². The van der Waals surface area contributed by atoms with E-state index in [9.17, 15) is 14.4 Å². The molecule has 4 aliphatic carbocycles. The van der Waals surface area contributed by atoms with Crippen molar-refractivity contribution in [2.75, 3.05) is 0 Å². The first-order chi connectivity index (χ1) is 13.7. The first-order valence-corrected chi connectivity index (χ1v) is 11.3. The van der Waals surface area contributed by atoms with Gasteiger partial charge in [0.2, 0.25) is 0 Å². The van der Waals surface area contributed by atoms with Crippen LogP contribution in [-0.2, 0) is 19.1 Å². The van der Waals surface area contributed by atoms with Crippen LogP contribution in [0.5, 0.6) is 0 Å². The monoisotopic (exact) mass is 398 g/mol. The van der Waals surface area contributed by atoms with E-state index in [2.05, 4.69) is 13.8 Å². The topological polar surface area (TPSA) is 60.4 Å². The number of carbonyl (C=O) groups is 3. The summed E-state index contributed by atoms with van der Waals surface area (Å²) in [6, 6.07) is 0. The van der Waals surface area contributed by atoms with Crippen LogP contribution in [0.25, 0.3) is 0 Å².